The highest BCUT2D eigenvalue weighted by molar-refractivity contribution is 5.79. The van der Waals surface area contributed by atoms with Gasteiger partial charge in [-0.05, 0) is 26.8 Å². The van der Waals surface area contributed by atoms with Crippen LogP contribution in [0.15, 0.2) is 4.99 Å². The van der Waals surface area contributed by atoms with E-state index in [1.807, 2.05) is 6.92 Å². The van der Waals surface area contributed by atoms with Crippen LogP contribution >= 0.6 is 0 Å². The fraction of sp³-hybridized carbons (Fsp3) is 0.889. The molecule has 4 N–H and O–H groups in total. The first-order valence-corrected chi connectivity index (χ1v) is 5.23. The molecule has 0 aliphatic heterocycles. The van der Waals surface area contributed by atoms with E-state index in [0.29, 0.717) is 5.96 Å². The van der Waals surface area contributed by atoms with Crippen LogP contribution in [0.3, 0.4) is 0 Å². The van der Waals surface area contributed by atoms with Gasteiger partial charge in [-0.3, -0.25) is 10.4 Å². The van der Waals surface area contributed by atoms with Crippen LogP contribution in [-0.4, -0.2) is 43.6 Å². The van der Waals surface area contributed by atoms with E-state index >= 15 is 0 Å². The number of aliphatic imine (C=N–C) groups is 1. The molecule has 0 spiro atoms. The van der Waals surface area contributed by atoms with Crippen molar-refractivity contribution in [3.8, 4) is 0 Å². The van der Waals surface area contributed by atoms with Crippen molar-refractivity contribution in [2.24, 2.45) is 10.8 Å². The highest BCUT2D eigenvalue weighted by Gasteiger charge is 2.25. The van der Waals surface area contributed by atoms with E-state index in [1.165, 1.54) is 12.8 Å². The summed E-state index contributed by atoms with van der Waals surface area (Å²) in [6, 6.07) is 0.804. The summed E-state index contributed by atoms with van der Waals surface area (Å²) < 4.78 is 0. The minimum Gasteiger partial charge on any atom is -0.356 e. The van der Waals surface area contributed by atoms with Crippen LogP contribution in [0.25, 0.3) is 0 Å². The van der Waals surface area contributed by atoms with Crippen molar-refractivity contribution in [1.82, 2.24) is 15.6 Å². The Labute approximate surface area is 85.7 Å². The Kier molecular flexibility index (Phi) is 4.69. The molecule has 1 rings (SSSR count). The summed E-state index contributed by atoms with van der Waals surface area (Å²) in [5, 5.41) is 3.05. The first kappa shape index (κ1) is 11.3. The Bertz CT molecular complexity index is 188. The smallest absolute Gasteiger partial charge is 0.205 e. The molecular formula is C9H21N5. The van der Waals surface area contributed by atoms with E-state index in [0.717, 1.165) is 25.7 Å². The van der Waals surface area contributed by atoms with Gasteiger partial charge in [-0.2, -0.15) is 0 Å². The Balaban J connectivity index is 2.15. The molecule has 0 unspecified atom stereocenters. The van der Waals surface area contributed by atoms with Crippen molar-refractivity contribution in [2.75, 3.05) is 26.7 Å². The Morgan fingerprint density at radius 3 is 2.79 bits per heavy atom. The van der Waals surface area contributed by atoms with Gasteiger partial charge in [0.05, 0.1) is 6.54 Å². The largest absolute Gasteiger partial charge is 0.356 e. The van der Waals surface area contributed by atoms with Gasteiger partial charge in [0.1, 0.15) is 0 Å². The average Bonchev–Trinajstić information content (AvgIpc) is 2.99. The molecule has 0 atom stereocenters. The predicted molar refractivity (Wildman–Crippen MR) is 59.0 cm³/mol. The van der Waals surface area contributed by atoms with Gasteiger partial charge in [0.15, 0.2) is 0 Å². The summed E-state index contributed by atoms with van der Waals surface area (Å²) in [6.45, 7) is 4.64. The number of hydrogen-bond acceptors (Lipinski definition) is 3. The lowest BCUT2D eigenvalue weighted by atomic mass is 10.5. The molecule has 1 aliphatic carbocycles. The Morgan fingerprint density at radius 1 is 1.57 bits per heavy atom. The zero-order chi connectivity index (χ0) is 10.4. The summed E-state index contributed by atoms with van der Waals surface area (Å²) in [5.41, 5.74) is 2.54. The zero-order valence-corrected chi connectivity index (χ0v) is 9.08. The number of hydrogen-bond donors (Lipinski definition) is 3. The summed E-state index contributed by atoms with van der Waals surface area (Å²) >= 11 is 0. The topological polar surface area (TPSA) is 65.7 Å². The molecule has 0 aromatic heterocycles. The summed E-state index contributed by atoms with van der Waals surface area (Å²) in [4.78, 5) is 6.66. The van der Waals surface area contributed by atoms with E-state index < -0.39 is 0 Å². The van der Waals surface area contributed by atoms with Gasteiger partial charge >= 0.3 is 0 Å². The maximum Gasteiger partial charge on any atom is 0.205 e. The van der Waals surface area contributed by atoms with Gasteiger partial charge in [0.25, 0.3) is 0 Å². The lowest BCUT2D eigenvalue weighted by Crippen LogP contribution is -2.42. The van der Waals surface area contributed by atoms with Crippen LogP contribution in [0.1, 0.15) is 19.8 Å². The second-order valence-electron chi connectivity index (χ2n) is 3.62. The number of likely N-dealkylation sites (N-methyl/N-ethyl adjacent to an activating group) is 1. The Morgan fingerprint density at radius 2 is 2.29 bits per heavy atom. The lowest BCUT2D eigenvalue weighted by Gasteiger charge is -2.14. The Hall–Kier alpha value is -0.810. The zero-order valence-electron chi connectivity index (χ0n) is 9.08. The molecule has 1 fully saturated rings. The molecule has 0 radical (unpaired) electrons. The fourth-order valence-electron chi connectivity index (χ4n) is 1.34. The average molecular weight is 199 g/mol. The number of rotatable bonds is 5. The number of nitrogens with two attached hydrogens (primary N) is 1. The molecular weight excluding hydrogens is 178 g/mol. The minimum atomic E-state index is 0.677. The molecule has 0 amide bonds. The quantitative estimate of drug-likeness (QED) is 0.242. The predicted octanol–water partition coefficient (Wildman–Crippen LogP) is -0.491. The molecule has 1 aliphatic rings. The van der Waals surface area contributed by atoms with Crippen LogP contribution < -0.4 is 16.6 Å². The number of nitrogens with one attached hydrogen (secondary N) is 2. The van der Waals surface area contributed by atoms with E-state index in [9.17, 15) is 0 Å². The molecule has 0 aromatic rings. The van der Waals surface area contributed by atoms with Crippen molar-refractivity contribution in [1.29, 1.82) is 0 Å². The second kappa shape index (κ2) is 5.82. The normalized spacial score (nSPS) is 17.3. The monoisotopic (exact) mass is 199 g/mol. The molecule has 5 heteroatoms. The maximum absolute atomic E-state index is 5.29. The standard InChI is InChI=1S/C9H21N5/c1-3-11-9(13-10)12-6-7-14(2)8-4-5-8/h8H,3-7,10H2,1-2H3,(H2,11,12,13). The van der Waals surface area contributed by atoms with Crippen molar-refractivity contribution in [3.05, 3.63) is 0 Å². The van der Waals surface area contributed by atoms with Gasteiger partial charge in [-0.15, -0.1) is 0 Å². The van der Waals surface area contributed by atoms with Gasteiger partial charge in [0, 0.05) is 19.1 Å². The minimum absolute atomic E-state index is 0.677. The molecule has 0 saturated heterocycles. The second-order valence-corrected chi connectivity index (χ2v) is 3.62. The first-order chi connectivity index (χ1) is 6.77. The number of nitrogens with zero attached hydrogens (tertiary/aromatic N) is 2. The van der Waals surface area contributed by atoms with Crippen molar-refractivity contribution >= 4 is 5.96 Å². The summed E-state index contributed by atoms with van der Waals surface area (Å²) in [6.07, 6.45) is 2.69. The third-order valence-corrected chi connectivity index (χ3v) is 2.37. The van der Waals surface area contributed by atoms with E-state index in [4.69, 9.17) is 5.84 Å². The highest BCUT2D eigenvalue weighted by Crippen LogP contribution is 2.24. The molecule has 0 aromatic carbocycles. The van der Waals surface area contributed by atoms with E-state index in [-0.39, 0.29) is 0 Å². The van der Waals surface area contributed by atoms with Crippen molar-refractivity contribution in [2.45, 2.75) is 25.8 Å². The molecule has 14 heavy (non-hydrogen) atoms. The van der Waals surface area contributed by atoms with Gasteiger partial charge in [-0.1, -0.05) is 0 Å². The summed E-state index contributed by atoms with van der Waals surface area (Å²) in [7, 11) is 2.15. The number of guanidine groups is 1. The highest BCUT2D eigenvalue weighted by atomic mass is 15.3. The SMILES string of the molecule is CCNC(=NCCN(C)C1CC1)NN. The van der Waals surface area contributed by atoms with Crippen molar-refractivity contribution < 1.29 is 0 Å². The fourth-order valence-corrected chi connectivity index (χ4v) is 1.34. The maximum atomic E-state index is 5.29. The van der Waals surface area contributed by atoms with Crippen LogP contribution in [0.5, 0.6) is 0 Å². The molecule has 5 nitrogen and oxygen atoms in total. The van der Waals surface area contributed by atoms with Crippen LogP contribution in [-0.2, 0) is 0 Å². The van der Waals surface area contributed by atoms with E-state index in [1.54, 1.807) is 0 Å². The van der Waals surface area contributed by atoms with Crippen LogP contribution in [0, 0.1) is 0 Å². The van der Waals surface area contributed by atoms with Gasteiger partial charge < -0.3 is 10.2 Å². The molecule has 1 saturated carbocycles. The third-order valence-electron chi connectivity index (χ3n) is 2.37. The van der Waals surface area contributed by atoms with Gasteiger partial charge in [-0.25, -0.2) is 5.84 Å². The molecule has 82 valence electrons. The van der Waals surface area contributed by atoms with Crippen LogP contribution in [0.4, 0.5) is 0 Å². The lowest BCUT2D eigenvalue weighted by molar-refractivity contribution is 0.333. The van der Waals surface area contributed by atoms with E-state index in [2.05, 4.69) is 27.7 Å². The summed E-state index contributed by atoms with van der Waals surface area (Å²) in [5.74, 6) is 5.97. The van der Waals surface area contributed by atoms with Crippen molar-refractivity contribution in [3.63, 3.8) is 0 Å². The number of hydrazine groups is 1. The molecule has 0 heterocycles. The first-order valence-electron chi connectivity index (χ1n) is 5.23. The van der Waals surface area contributed by atoms with Gasteiger partial charge in [0.2, 0.25) is 5.96 Å². The third kappa shape index (κ3) is 3.93. The molecule has 0 bridgehead atoms. The van der Waals surface area contributed by atoms with Crippen LogP contribution in [0.2, 0.25) is 0 Å².